The number of rotatable bonds is 7. The summed E-state index contributed by atoms with van der Waals surface area (Å²) in [5, 5.41) is 7.53. The summed E-state index contributed by atoms with van der Waals surface area (Å²) >= 11 is 5.96. The van der Waals surface area contributed by atoms with Gasteiger partial charge in [0.15, 0.2) is 0 Å². The fourth-order valence-electron chi connectivity index (χ4n) is 2.00. The average molecular weight is 336 g/mol. The highest BCUT2D eigenvalue weighted by Gasteiger charge is 2.08. The van der Waals surface area contributed by atoms with Crippen LogP contribution in [0.1, 0.15) is 6.42 Å². The van der Waals surface area contributed by atoms with Crippen molar-refractivity contribution in [1.82, 2.24) is 15.1 Å². The summed E-state index contributed by atoms with van der Waals surface area (Å²) in [6.07, 6.45) is 0.715. The Morgan fingerprint density at radius 1 is 1.35 bits per heavy atom. The van der Waals surface area contributed by atoms with E-state index in [1.165, 1.54) is 6.07 Å². The van der Waals surface area contributed by atoms with Gasteiger partial charge in [0, 0.05) is 36.9 Å². The molecular formula is C16H18ClN3O3. The minimum absolute atomic E-state index is 0.125. The molecule has 0 aliphatic carbocycles. The SMILES string of the molecule is COCCCNC(=O)Cn1nc(-c2cccc(Cl)c2)ccc1=O. The average Bonchev–Trinajstić information content (AvgIpc) is 2.54. The van der Waals surface area contributed by atoms with E-state index in [0.29, 0.717) is 30.3 Å². The van der Waals surface area contributed by atoms with Crippen molar-refractivity contribution in [3.05, 3.63) is 51.8 Å². The fraction of sp³-hybridized carbons (Fsp3) is 0.312. The van der Waals surface area contributed by atoms with Crippen LogP contribution >= 0.6 is 11.6 Å². The first kappa shape index (κ1) is 17.2. The van der Waals surface area contributed by atoms with Gasteiger partial charge in [-0.05, 0) is 24.6 Å². The van der Waals surface area contributed by atoms with Crippen molar-refractivity contribution >= 4 is 17.5 Å². The van der Waals surface area contributed by atoms with Crippen molar-refractivity contribution in [1.29, 1.82) is 0 Å². The minimum Gasteiger partial charge on any atom is -0.385 e. The third kappa shape index (κ3) is 5.19. The zero-order chi connectivity index (χ0) is 16.7. The van der Waals surface area contributed by atoms with Crippen molar-refractivity contribution < 1.29 is 9.53 Å². The Bertz CT molecular complexity index is 731. The molecule has 0 radical (unpaired) electrons. The summed E-state index contributed by atoms with van der Waals surface area (Å²) in [5.41, 5.74) is 1.04. The van der Waals surface area contributed by atoms with Gasteiger partial charge in [0.1, 0.15) is 6.54 Å². The molecule has 0 saturated heterocycles. The predicted molar refractivity (Wildman–Crippen MR) is 88.4 cm³/mol. The lowest BCUT2D eigenvalue weighted by atomic mass is 10.1. The number of carbonyl (C=O) groups excluding carboxylic acids is 1. The molecule has 1 amide bonds. The predicted octanol–water partition coefficient (Wildman–Crippen LogP) is 1.72. The van der Waals surface area contributed by atoms with E-state index >= 15 is 0 Å². The number of hydrogen-bond donors (Lipinski definition) is 1. The van der Waals surface area contributed by atoms with Gasteiger partial charge in [-0.3, -0.25) is 9.59 Å². The zero-order valence-corrected chi connectivity index (χ0v) is 13.5. The lowest BCUT2D eigenvalue weighted by molar-refractivity contribution is -0.121. The normalized spacial score (nSPS) is 10.5. The first-order valence-electron chi connectivity index (χ1n) is 7.20. The van der Waals surface area contributed by atoms with E-state index in [1.807, 2.05) is 6.07 Å². The van der Waals surface area contributed by atoms with Crippen molar-refractivity contribution in [2.75, 3.05) is 20.3 Å². The van der Waals surface area contributed by atoms with Crippen LogP contribution in [0.3, 0.4) is 0 Å². The molecule has 0 bridgehead atoms. The van der Waals surface area contributed by atoms with Crippen LogP contribution in [0.2, 0.25) is 5.02 Å². The molecule has 2 rings (SSSR count). The summed E-state index contributed by atoms with van der Waals surface area (Å²) in [7, 11) is 1.60. The highest BCUT2D eigenvalue weighted by molar-refractivity contribution is 6.30. The van der Waals surface area contributed by atoms with Gasteiger partial charge in [-0.1, -0.05) is 23.7 Å². The maximum atomic E-state index is 11.9. The lowest BCUT2D eigenvalue weighted by Gasteiger charge is -2.08. The standard InChI is InChI=1S/C16H18ClN3O3/c1-23-9-3-8-18-15(21)11-20-16(22)7-6-14(19-20)12-4-2-5-13(17)10-12/h2,4-7,10H,3,8-9,11H2,1H3,(H,18,21). The molecule has 6 nitrogen and oxygen atoms in total. The third-order valence-electron chi connectivity index (χ3n) is 3.13. The molecule has 0 unspecified atom stereocenters. The second-order valence-corrected chi connectivity index (χ2v) is 5.36. The van der Waals surface area contributed by atoms with E-state index in [2.05, 4.69) is 10.4 Å². The molecule has 1 aromatic heterocycles. The molecular weight excluding hydrogens is 318 g/mol. The topological polar surface area (TPSA) is 73.2 Å². The number of methoxy groups -OCH3 is 1. The molecule has 122 valence electrons. The molecule has 1 heterocycles. The Morgan fingerprint density at radius 3 is 2.91 bits per heavy atom. The van der Waals surface area contributed by atoms with Gasteiger partial charge in [0.05, 0.1) is 5.69 Å². The molecule has 7 heteroatoms. The number of benzene rings is 1. The number of nitrogens with one attached hydrogen (secondary N) is 1. The van der Waals surface area contributed by atoms with E-state index in [1.54, 1.807) is 31.4 Å². The molecule has 1 N–H and O–H groups in total. The number of nitrogens with zero attached hydrogens (tertiary/aromatic N) is 2. The minimum atomic E-state index is -0.331. The van der Waals surface area contributed by atoms with Crippen molar-refractivity contribution in [3.63, 3.8) is 0 Å². The molecule has 0 spiro atoms. The highest BCUT2D eigenvalue weighted by atomic mass is 35.5. The summed E-state index contributed by atoms with van der Waals surface area (Å²) in [4.78, 5) is 23.7. The number of amides is 1. The number of halogens is 1. The molecule has 23 heavy (non-hydrogen) atoms. The van der Waals surface area contributed by atoms with E-state index in [9.17, 15) is 9.59 Å². The van der Waals surface area contributed by atoms with E-state index in [4.69, 9.17) is 16.3 Å². The number of aromatic nitrogens is 2. The second kappa shape index (κ2) is 8.45. The highest BCUT2D eigenvalue weighted by Crippen LogP contribution is 2.19. The van der Waals surface area contributed by atoms with Gasteiger partial charge < -0.3 is 10.1 Å². The summed E-state index contributed by atoms with van der Waals surface area (Å²) in [6.45, 7) is 0.943. The third-order valence-corrected chi connectivity index (χ3v) is 3.36. The Morgan fingerprint density at radius 2 is 2.17 bits per heavy atom. The Kier molecular flexibility index (Phi) is 6.31. The first-order valence-corrected chi connectivity index (χ1v) is 7.57. The molecule has 0 fully saturated rings. The van der Waals surface area contributed by atoms with Crippen LogP contribution in [0.4, 0.5) is 0 Å². The van der Waals surface area contributed by atoms with Crippen molar-refractivity contribution in [2.45, 2.75) is 13.0 Å². The van der Waals surface area contributed by atoms with Gasteiger partial charge in [0.25, 0.3) is 5.56 Å². The van der Waals surface area contributed by atoms with Crippen LogP contribution in [-0.2, 0) is 16.1 Å². The largest absolute Gasteiger partial charge is 0.385 e. The van der Waals surface area contributed by atoms with Crippen LogP contribution < -0.4 is 10.9 Å². The number of hydrogen-bond acceptors (Lipinski definition) is 4. The van der Waals surface area contributed by atoms with Gasteiger partial charge >= 0.3 is 0 Å². The van der Waals surface area contributed by atoms with E-state index in [-0.39, 0.29) is 18.0 Å². The Balaban J connectivity index is 2.09. The molecule has 1 aromatic carbocycles. The van der Waals surface area contributed by atoms with E-state index < -0.39 is 0 Å². The van der Waals surface area contributed by atoms with Crippen LogP contribution in [-0.4, -0.2) is 35.9 Å². The lowest BCUT2D eigenvalue weighted by Crippen LogP contribution is -2.34. The molecule has 0 atom stereocenters. The van der Waals surface area contributed by atoms with Crippen molar-refractivity contribution in [2.24, 2.45) is 0 Å². The van der Waals surface area contributed by atoms with Gasteiger partial charge in [-0.25, -0.2) is 4.68 Å². The van der Waals surface area contributed by atoms with Crippen LogP contribution in [0.15, 0.2) is 41.2 Å². The molecule has 0 aliphatic heterocycles. The van der Waals surface area contributed by atoms with Gasteiger partial charge in [-0.15, -0.1) is 0 Å². The summed E-state index contributed by atoms with van der Waals surface area (Å²) in [5.74, 6) is -0.265. The van der Waals surface area contributed by atoms with Crippen LogP contribution in [0, 0.1) is 0 Å². The van der Waals surface area contributed by atoms with Gasteiger partial charge in [0.2, 0.25) is 5.91 Å². The zero-order valence-electron chi connectivity index (χ0n) is 12.8. The summed E-state index contributed by atoms with van der Waals surface area (Å²) in [6, 6.07) is 10.2. The quantitative estimate of drug-likeness (QED) is 0.782. The smallest absolute Gasteiger partial charge is 0.267 e. The Labute approximate surface area is 139 Å². The number of carbonyl (C=O) groups is 1. The second-order valence-electron chi connectivity index (χ2n) is 4.92. The molecule has 0 saturated carbocycles. The molecule has 0 aliphatic rings. The summed E-state index contributed by atoms with van der Waals surface area (Å²) < 4.78 is 6.05. The van der Waals surface area contributed by atoms with Crippen LogP contribution in [0.25, 0.3) is 11.3 Å². The fourth-order valence-corrected chi connectivity index (χ4v) is 2.19. The van der Waals surface area contributed by atoms with Crippen molar-refractivity contribution in [3.8, 4) is 11.3 Å². The number of ether oxygens (including phenoxy) is 1. The van der Waals surface area contributed by atoms with Crippen LogP contribution in [0.5, 0.6) is 0 Å². The maximum Gasteiger partial charge on any atom is 0.267 e. The molecule has 2 aromatic rings. The maximum absolute atomic E-state index is 11.9. The van der Waals surface area contributed by atoms with E-state index in [0.717, 1.165) is 10.2 Å². The van der Waals surface area contributed by atoms with Gasteiger partial charge in [-0.2, -0.15) is 5.10 Å². The Hall–Kier alpha value is -2.18. The first-order chi connectivity index (χ1) is 11.1. The monoisotopic (exact) mass is 335 g/mol.